The van der Waals surface area contributed by atoms with Gasteiger partial charge in [-0.15, -0.1) is 0 Å². The minimum atomic E-state index is -0.491. The van der Waals surface area contributed by atoms with Gasteiger partial charge in [-0.2, -0.15) is 0 Å². The van der Waals surface area contributed by atoms with Crippen LogP contribution in [0.1, 0.15) is 47.8 Å². The quantitative estimate of drug-likeness (QED) is 0.248. The second-order valence-corrected chi connectivity index (χ2v) is 10.0. The molecular formula is C27H26BrN3O2S. The summed E-state index contributed by atoms with van der Waals surface area (Å²) in [6, 6.07) is 15.8. The van der Waals surface area contributed by atoms with Crippen LogP contribution in [0.3, 0.4) is 0 Å². The highest BCUT2D eigenvalue weighted by Gasteiger charge is 2.34. The molecule has 0 unspecified atom stereocenters. The zero-order chi connectivity index (χ0) is 24.7. The standard InChI is InChI=1S/C27H26BrN3O2S/c1-15(2)19-6-8-21(9-7-19)31-26(33)23(25(32)29-27(31)34)14-20-13-17(4)30(18(20)5)22-10-11-24(28)16(3)12-22/h6-15H,1-5H3,(H,29,32,34)/b23-14+. The summed E-state index contributed by atoms with van der Waals surface area (Å²) >= 11 is 8.89. The van der Waals surface area contributed by atoms with Crippen molar-refractivity contribution < 1.29 is 9.59 Å². The van der Waals surface area contributed by atoms with Gasteiger partial charge in [0.25, 0.3) is 11.8 Å². The van der Waals surface area contributed by atoms with E-state index in [0.29, 0.717) is 11.6 Å². The van der Waals surface area contributed by atoms with E-state index in [1.807, 2.05) is 63.2 Å². The number of aromatic nitrogens is 1. The van der Waals surface area contributed by atoms with Crippen LogP contribution in [0.25, 0.3) is 11.8 Å². The maximum atomic E-state index is 13.4. The third kappa shape index (κ3) is 4.38. The number of rotatable bonds is 4. The van der Waals surface area contributed by atoms with Gasteiger partial charge in [-0.05, 0) is 98.1 Å². The van der Waals surface area contributed by atoms with Crippen molar-refractivity contribution in [3.8, 4) is 5.69 Å². The molecule has 0 saturated carbocycles. The molecule has 1 N–H and O–H groups in total. The number of benzene rings is 2. The SMILES string of the molecule is Cc1cc(-n2c(C)cc(/C=C3\C(=O)NC(=S)N(c4ccc(C(C)C)cc4)C3=O)c2C)ccc1Br. The number of aryl methyl sites for hydroxylation is 2. The molecule has 0 aliphatic carbocycles. The topological polar surface area (TPSA) is 54.3 Å². The summed E-state index contributed by atoms with van der Waals surface area (Å²) in [5.41, 5.74) is 6.73. The Labute approximate surface area is 213 Å². The Hall–Kier alpha value is -3.03. The van der Waals surface area contributed by atoms with Gasteiger partial charge in [-0.25, -0.2) is 0 Å². The van der Waals surface area contributed by atoms with Crippen LogP contribution < -0.4 is 10.2 Å². The predicted octanol–water partition coefficient (Wildman–Crippen LogP) is 6.12. The molecule has 4 rings (SSSR count). The van der Waals surface area contributed by atoms with Gasteiger partial charge in [0.15, 0.2) is 5.11 Å². The zero-order valence-corrected chi connectivity index (χ0v) is 22.2. The normalized spacial score (nSPS) is 15.4. The fraction of sp³-hybridized carbons (Fsp3) is 0.222. The van der Waals surface area contributed by atoms with E-state index in [1.165, 1.54) is 4.90 Å². The number of anilines is 1. The van der Waals surface area contributed by atoms with Crippen LogP contribution in [0.5, 0.6) is 0 Å². The molecule has 2 heterocycles. The maximum absolute atomic E-state index is 13.4. The Morgan fingerprint density at radius 1 is 0.971 bits per heavy atom. The minimum Gasteiger partial charge on any atom is -0.318 e. The Bertz CT molecular complexity index is 1350. The van der Waals surface area contributed by atoms with Crippen LogP contribution in [0.2, 0.25) is 0 Å². The lowest BCUT2D eigenvalue weighted by Crippen LogP contribution is -2.54. The fourth-order valence-electron chi connectivity index (χ4n) is 4.15. The van der Waals surface area contributed by atoms with Gasteiger partial charge in [0.05, 0.1) is 5.69 Å². The van der Waals surface area contributed by atoms with Gasteiger partial charge in [0.2, 0.25) is 0 Å². The first-order chi connectivity index (χ1) is 16.1. The number of hydrogen-bond donors (Lipinski definition) is 1. The van der Waals surface area contributed by atoms with Gasteiger partial charge in [-0.1, -0.05) is 41.9 Å². The van der Waals surface area contributed by atoms with E-state index >= 15 is 0 Å². The molecule has 5 nitrogen and oxygen atoms in total. The Kier molecular flexibility index (Phi) is 6.60. The summed E-state index contributed by atoms with van der Waals surface area (Å²) in [5.74, 6) is -0.553. The molecule has 7 heteroatoms. The van der Waals surface area contributed by atoms with Crippen LogP contribution in [0.4, 0.5) is 5.69 Å². The Balaban J connectivity index is 1.73. The average Bonchev–Trinajstić information content (AvgIpc) is 3.06. The van der Waals surface area contributed by atoms with Crippen molar-refractivity contribution in [2.24, 2.45) is 0 Å². The number of carbonyl (C=O) groups excluding carboxylic acids is 2. The molecule has 1 saturated heterocycles. The van der Waals surface area contributed by atoms with E-state index in [4.69, 9.17) is 12.2 Å². The Morgan fingerprint density at radius 3 is 2.24 bits per heavy atom. The maximum Gasteiger partial charge on any atom is 0.270 e. The lowest BCUT2D eigenvalue weighted by atomic mass is 10.0. The number of nitrogens with zero attached hydrogens (tertiary/aromatic N) is 2. The third-order valence-corrected chi connectivity index (χ3v) is 7.26. The molecular weight excluding hydrogens is 510 g/mol. The largest absolute Gasteiger partial charge is 0.318 e. The predicted molar refractivity (Wildman–Crippen MR) is 144 cm³/mol. The van der Waals surface area contributed by atoms with E-state index in [2.05, 4.69) is 45.7 Å². The number of amides is 2. The van der Waals surface area contributed by atoms with Crippen molar-refractivity contribution in [1.29, 1.82) is 0 Å². The highest BCUT2D eigenvalue weighted by Crippen LogP contribution is 2.28. The molecule has 1 aliphatic heterocycles. The van der Waals surface area contributed by atoms with E-state index in [-0.39, 0.29) is 10.7 Å². The lowest BCUT2D eigenvalue weighted by Gasteiger charge is -2.29. The van der Waals surface area contributed by atoms with Crippen LogP contribution >= 0.6 is 28.1 Å². The van der Waals surface area contributed by atoms with Gasteiger partial charge < -0.3 is 4.57 Å². The van der Waals surface area contributed by atoms with E-state index in [1.54, 1.807) is 6.08 Å². The summed E-state index contributed by atoms with van der Waals surface area (Å²) in [6.45, 7) is 10.3. The van der Waals surface area contributed by atoms with Crippen LogP contribution in [0.15, 0.2) is 58.6 Å². The zero-order valence-electron chi connectivity index (χ0n) is 19.8. The first-order valence-electron chi connectivity index (χ1n) is 11.1. The molecule has 1 aliphatic rings. The monoisotopic (exact) mass is 535 g/mol. The summed E-state index contributed by atoms with van der Waals surface area (Å²) in [4.78, 5) is 27.6. The molecule has 1 aromatic heterocycles. The van der Waals surface area contributed by atoms with Gasteiger partial charge in [-0.3, -0.25) is 19.8 Å². The van der Waals surface area contributed by atoms with Crippen molar-refractivity contribution in [2.75, 3.05) is 4.90 Å². The van der Waals surface area contributed by atoms with Crippen molar-refractivity contribution in [1.82, 2.24) is 9.88 Å². The highest BCUT2D eigenvalue weighted by atomic mass is 79.9. The first kappa shape index (κ1) is 24.1. The molecule has 1 fully saturated rings. The molecule has 0 radical (unpaired) electrons. The van der Waals surface area contributed by atoms with E-state index in [9.17, 15) is 9.59 Å². The third-order valence-electron chi connectivity index (χ3n) is 6.09. The summed E-state index contributed by atoms with van der Waals surface area (Å²) < 4.78 is 3.16. The molecule has 0 bridgehead atoms. The van der Waals surface area contributed by atoms with Crippen molar-refractivity contribution >= 4 is 56.8 Å². The van der Waals surface area contributed by atoms with Crippen molar-refractivity contribution in [3.05, 3.63) is 86.7 Å². The highest BCUT2D eigenvalue weighted by molar-refractivity contribution is 9.10. The van der Waals surface area contributed by atoms with Gasteiger partial charge in [0, 0.05) is 21.5 Å². The van der Waals surface area contributed by atoms with E-state index < -0.39 is 11.8 Å². The summed E-state index contributed by atoms with van der Waals surface area (Å²) in [5, 5.41) is 2.75. The number of hydrogen-bond acceptors (Lipinski definition) is 3. The second-order valence-electron chi connectivity index (χ2n) is 8.80. The average molecular weight is 536 g/mol. The second kappa shape index (κ2) is 9.31. The molecule has 34 heavy (non-hydrogen) atoms. The van der Waals surface area contributed by atoms with Crippen LogP contribution in [-0.2, 0) is 9.59 Å². The van der Waals surface area contributed by atoms with Crippen molar-refractivity contribution in [2.45, 2.75) is 40.5 Å². The summed E-state index contributed by atoms with van der Waals surface area (Å²) in [6.07, 6.45) is 1.65. The number of thiocarbonyl (C=S) groups is 1. The molecule has 3 aromatic rings. The van der Waals surface area contributed by atoms with E-state index in [0.717, 1.165) is 38.2 Å². The number of carbonyl (C=O) groups is 2. The van der Waals surface area contributed by atoms with Crippen LogP contribution in [-0.4, -0.2) is 21.5 Å². The smallest absolute Gasteiger partial charge is 0.270 e. The van der Waals surface area contributed by atoms with Gasteiger partial charge >= 0.3 is 0 Å². The number of halogens is 1. The molecule has 2 aromatic carbocycles. The fourth-order valence-corrected chi connectivity index (χ4v) is 4.68. The minimum absolute atomic E-state index is 0.0498. The first-order valence-corrected chi connectivity index (χ1v) is 12.3. The Morgan fingerprint density at radius 2 is 1.62 bits per heavy atom. The molecule has 0 atom stereocenters. The molecule has 174 valence electrons. The van der Waals surface area contributed by atoms with Crippen molar-refractivity contribution in [3.63, 3.8) is 0 Å². The summed E-state index contributed by atoms with van der Waals surface area (Å²) in [7, 11) is 0. The van der Waals surface area contributed by atoms with Crippen LogP contribution in [0, 0.1) is 20.8 Å². The van der Waals surface area contributed by atoms with Gasteiger partial charge in [0.1, 0.15) is 5.57 Å². The molecule has 0 spiro atoms. The number of nitrogens with one attached hydrogen (secondary N) is 1. The molecule has 2 amide bonds. The lowest BCUT2D eigenvalue weighted by molar-refractivity contribution is -0.122.